The zero-order valence-electron chi connectivity index (χ0n) is 13.8. The van der Waals surface area contributed by atoms with Crippen LogP contribution < -0.4 is 5.32 Å². The normalized spacial score (nSPS) is 20.9. The van der Waals surface area contributed by atoms with E-state index in [2.05, 4.69) is 10.4 Å². The third kappa shape index (κ3) is 3.12. The van der Waals surface area contributed by atoms with Crippen molar-refractivity contribution in [2.75, 3.05) is 16.8 Å². The summed E-state index contributed by atoms with van der Waals surface area (Å²) in [6, 6.07) is 3.63. The number of fused-ring (bicyclic) bond motifs is 1. The van der Waals surface area contributed by atoms with Gasteiger partial charge in [-0.25, -0.2) is 12.8 Å². The molecule has 1 aliphatic carbocycles. The van der Waals surface area contributed by atoms with E-state index in [1.807, 2.05) is 0 Å². The molecule has 0 spiro atoms. The topological polar surface area (TPSA) is 81.1 Å². The second-order valence-corrected chi connectivity index (χ2v) is 9.35. The van der Waals surface area contributed by atoms with Gasteiger partial charge in [-0.05, 0) is 43.9 Å². The van der Waals surface area contributed by atoms with Crippen LogP contribution in [0.15, 0.2) is 18.2 Å². The first-order chi connectivity index (χ1) is 12.3. The molecular weight excluding hydrogens is 381 g/mol. The molecule has 1 unspecified atom stereocenters. The van der Waals surface area contributed by atoms with E-state index in [0.29, 0.717) is 17.8 Å². The first-order valence-electron chi connectivity index (χ1n) is 8.41. The molecule has 6 nitrogen and oxygen atoms in total. The van der Waals surface area contributed by atoms with Gasteiger partial charge < -0.3 is 5.32 Å². The molecule has 1 amide bonds. The molecule has 2 aliphatic rings. The number of hydrogen-bond acceptors (Lipinski definition) is 4. The molecule has 9 heteroatoms. The zero-order chi connectivity index (χ0) is 18.5. The van der Waals surface area contributed by atoms with Gasteiger partial charge in [-0.15, -0.1) is 0 Å². The molecule has 0 radical (unpaired) electrons. The average molecular weight is 398 g/mol. The van der Waals surface area contributed by atoms with Gasteiger partial charge in [0.1, 0.15) is 11.5 Å². The van der Waals surface area contributed by atoms with Crippen LogP contribution in [0, 0.1) is 5.82 Å². The number of carbonyl (C=O) groups excluding carboxylic acids is 1. The first kappa shape index (κ1) is 17.5. The summed E-state index contributed by atoms with van der Waals surface area (Å²) in [6.45, 7) is 0. The van der Waals surface area contributed by atoms with Crippen LogP contribution in [0.5, 0.6) is 0 Å². The molecular formula is C17H17ClFN3O3S. The van der Waals surface area contributed by atoms with Crippen molar-refractivity contribution < 1.29 is 17.6 Å². The number of nitrogens with one attached hydrogen (secondary N) is 1. The molecule has 0 saturated carbocycles. The highest BCUT2D eigenvalue weighted by Crippen LogP contribution is 2.32. The van der Waals surface area contributed by atoms with Crippen molar-refractivity contribution >= 4 is 33.0 Å². The summed E-state index contributed by atoms with van der Waals surface area (Å²) >= 11 is 5.77. The highest BCUT2D eigenvalue weighted by Gasteiger charge is 2.35. The number of anilines is 1. The monoisotopic (exact) mass is 397 g/mol. The fourth-order valence-electron chi connectivity index (χ4n) is 3.65. The Labute approximate surface area is 155 Å². The maximum Gasteiger partial charge on any atom is 0.274 e. The molecule has 1 aromatic heterocycles. The summed E-state index contributed by atoms with van der Waals surface area (Å²) in [5, 5.41) is 7.18. The quantitative estimate of drug-likeness (QED) is 0.863. The molecule has 0 bridgehead atoms. The number of nitrogens with zero attached hydrogens (tertiary/aromatic N) is 2. The van der Waals surface area contributed by atoms with Crippen molar-refractivity contribution in [1.29, 1.82) is 0 Å². The van der Waals surface area contributed by atoms with Gasteiger partial charge in [-0.1, -0.05) is 11.6 Å². The lowest BCUT2D eigenvalue weighted by Gasteiger charge is -2.15. The van der Waals surface area contributed by atoms with Gasteiger partial charge in [0.25, 0.3) is 5.91 Å². The van der Waals surface area contributed by atoms with Crippen molar-refractivity contribution in [3.63, 3.8) is 0 Å². The second kappa shape index (κ2) is 6.35. The molecule has 2 aromatic rings. The van der Waals surface area contributed by atoms with Gasteiger partial charge in [0, 0.05) is 11.3 Å². The van der Waals surface area contributed by atoms with E-state index >= 15 is 0 Å². The number of hydrogen-bond donors (Lipinski definition) is 1. The van der Waals surface area contributed by atoms with Gasteiger partial charge in [-0.2, -0.15) is 5.10 Å². The molecule has 1 atom stereocenters. The van der Waals surface area contributed by atoms with Gasteiger partial charge >= 0.3 is 0 Å². The van der Waals surface area contributed by atoms with Crippen LogP contribution in [0.3, 0.4) is 0 Å². The molecule has 138 valence electrons. The van der Waals surface area contributed by atoms with Gasteiger partial charge in [0.05, 0.1) is 28.3 Å². The van der Waals surface area contributed by atoms with Crippen LogP contribution in [-0.4, -0.2) is 35.6 Å². The standard InChI is InChI=1S/C17H17ClFN3O3S/c18-13-8-10(4-5-14(13)19)20-17(23)16-12-2-1-3-15(12)21-22(16)11-6-7-26(24,25)9-11/h4-5,8,11H,1-3,6-7,9H2,(H,20,23). The minimum absolute atomic E-state index is 0.00375. The lowest BCUT2D eigenvalue weighted by Crippen LogP contribution is -2.23. The third-order valence-electron chi connectivity index (χ3n) is 4.88. The Kier molecular flexibility index (Phi) is 4.27. The van der Waals surface area contributed by atoms with E-state index in [-0.39, 0.29) is 28.5 Å². The Morgan fingerprint density at radius 3 is 2.85 bits per heavy atom. The largest absolute Gasteiger partial charge is 0.321 e. The third-order valence-corrected chi connectivity index (χ3v) is 6.92. The maximum atomic E-state index is 13.3. The maximum absolute atomic E-state index is 13.3. The van der Waals surface area contributed by atoms with E-state index < -0.39 is 15.7 Å². The molecule has 2 heterocycles. The van der Waals surface area contributed by atoms with Crippen molar-refractivity contribution in [3.8, 4) is 0 Å². The number of sulfone groups is 1. The first-order valence-corrected chi connectivity index (χ1v) is 10.6. The molecule has 26 heavy (non-hydrogen) atoms. The van der Waals surface area contributed by atoms with Crippen LogP contribution >= 0.6 is 11.6 Å². The number of rotatable bonds is 3. The fraction of sp³-hybridized carbons (Fsp3) is 0.412. The van der Waals surface area contributed by atoms with Gasteiger partial charge in [0.2, 0.25) is 0 Å². The summed E-state index contributed by atoms with van der Waals surface area (Å²) in [5.41, 5.74) is 2.51. The minimum atomic E-state index is -3.10. The lowest BCUT2D eigenvalue weighted by atomic mass is 10.1. The number of aromatic nitrogens is 2. The van der Waals surface area contributed by atoms with E-state index in [1.54, 1.807) is 4.68 Å². The van der Waals surface area contributed by atoms with Gasteiger partial charge in [0.15, 0.2) is 9.84 Å². The highest BCUT2D eigenvalue weighted by molar-refractivity contribution is 7.91. The summed E-state index contributed by atoms with van der Waals surface area (Å²) in [6.07, 6.45) is 2.89. The number of amides is 1. The second-order valence-electron chi connectivity index (χ2n) is 6.71. The molecule has 1 N–H and O–H groups in total. The lowest BCUT2D eigenvalue weighted by molar-refractivity contribution is 0.101. The highest BCUT2D eigenvalue weighted by atomic mass is 35.5. The van der Waals surface area contributed by atoms with E-state index in [9.17, 15) is 17.6 Å². The molecule has 1 aromatic carbocycles. The summed E-state index contributed by atoms with van der Waals surface area (Å²) in [5.74, 6) is -0.841. The van der Waals surface area contributed by atoms with Crippen LogP contribution in [0.25, 0.3) is 0 Å². The van der Waals surface area contributed by atoms with Crippen LogP contribution in [0.1, 0.15) is 40.6 Å². The van der Waals surface area contributed by atoms with Crippen molar-refractivity contribution in [1.82, 2.24) is 9.78 Å². The minimum Gasteiger partial charge on any atom is -0.321 e. The number of carbonyl (C=O) groups is 1. The van der Waals surface area contributed by atoms with E-state index in [1.165, 1.54) is 18.2 Å². The summed E-state index contributed by atoms with van der Waals surface area (Å²) in [7, 11) is -3.10. The van der Waals surface area contributed by atoms with Gasteiger partial charge in [-0.3, -0.25) is 9.48 Å². The Hall–Kier alpha value is -1.93. The van der Waals surface area contributed by atoms with E-state index in [4.69, 9.17) is 11.6 Å². The molecule has 1 aliphatic heterocycles. The van der Waals surface area contributed by atoms with Crippen molar-refractivity contribution in [3.05, 3.63) is 46.0 Å². The zero-order valence-corrected chi connectivity index (χ0v) is 15.4. The Morgan fingerprint density at radius 1 is 1.35 bits per heavy atom. The Bertz CT molecular complexity index is 1000. The number of halogens is 2. The van der Waals surface area contributed by atoms with Crippen LogP contribution in [0.2, 0.25) is 5.02 Å². The Balaban J connectivity index is 1.68. The number of aryl methyl sites for hydroxylation is 1. The van der Waals surface area contributed by atoms with Crippen LogP contribution in [0.4, 0.5) is 10.1 Å². The smallest absolute Gasteiger partial charge is 0.274 e. The van der Waals surface area contributed by atoms with Crippen molar-refractivity contribution in [2.24, 2.45) is 0 Å². The molecule has 1 fully saturated rings. The average Bonchev–Trinajstić information content (AvgIpc) is 3.24. The van der Waals surface area contributed by atoms with E-state index in [0.717, 1.165) is 30.5 Å². The predicted molar refractivity (Wildman–Crippen MR) is 95.9 cm³/mol. The summed E-state index contributed by atoms with van der Waals surface area (Å²) in [4.78, 5) is 12.9. The fourth-order valence-corrected chi connectivity index (χ4v) is 5.52. The van der Waals surface area contributed by atoms with Crippen LogP contribution in [-0.2, 0) is 22.7 Å². The summed E-state index contributed by atoms with van der Waals surface area (Å²) < 4.78 is 38.6. The predicted octanol–water partition coefficient (Wildman–Crippen LogP) is 2.78. The SMILES string of the molecule is O=C(Nc1ccc(F)c(Cl)c1)c1c2c(nn1C1CCS(=O)(=O)C1)CCC2. The Morgan fingerprint density at radius 2 is 2.15 bits per heavy atom. The molecule has 1 saturated heterocycles. The number of benzene rings is 1. The molecule has 4 rings (SSSR count). The van der Waals surface area contributed by atoms with Crippen molar-refractivity contribution in [2.45, 2.75) is 31.7 Å².